The first-order chi connectivity index (χ1) is 12.3. The molecule has 0 spiro atoms. The summed E-state index contributed by atoms with van der Waals surface area (Å²) in [4.78, 5) is 2.12. The molecule has 25 heavy (non-hydrogen) atoms. The molecule has 0 saturated carbocycles. The third kappa shape index (κ3) is 6.25. The summed E-state index contributed by atoms with van der Waals surface area (Å²) in [6.07, 6.45) is 0. The summed E-state index contributed by atoms with van der Waals surface area (Å²) in [7, 11) is 0. The lowest BCUT2D eigenvalue weighted by molar-refractivity contribution is 0.329. The highest BCUT2D eigenvalue weighted by atomic mass is 32.2. The van der Waals surface area contributed by atoms with Crippen molar-refractivity contribution < 1.29 is 13.1 Å². The highest BCUT2D eigenvalue weighted by Crippen LogP contribution is 2.33. The van der Waals surface area contributed by atoms with Crippen molar-refractivity contribution in [3.05, 3.63) is 48.5 Å². The van der Waals surface area contributed by atoms with Crippen molar-refractivity contribution in [3.63, 3.8) is 0 Å². The average molecular weight is 411 g/mol. The summed E-state index contributed by atoms with van der Waals surface area (Å²) in [5.41, 5.74) is 0. The molecule has 2 saturated heterocycles. The Kier molecular flexibility index (Phi) is 6.31. The molecule has 2 aromatic rings. The molecular weight excluding hydrogens is 392 g/mol. The number of hydrogen-bond acceptors (Lipinski definition) is 7. The average Bonchev–Trinajstić information content (AvgIpc) is 3.55. The van der Waals surface area contributed by atoms with E-state index in [0.29, 0.717) is 10.5 Å². The molecule has 2 aliphatic rings. The third-order valence-corrected chi connectivity index (χ3v) is 6.94. The number of benzene rings is 2. The Balaban J connectivity index is 1.17. The monoisotopic (exact) mass is 410 g/mol. The molecular formula is C18H18O3S4. The van der Waals surface area contributed by atoms with E-state index in [4.69, 9.17) is 13.1 Å². The first-order valence-corrected chi connectivity index (χ1v) is 11.6. The molecule has 2 heterocycles. The van der Waals surface area contributed by atoms with Crippen molar-refractivity contribution in [1.82, 2.24) is 0 Å². The Bertz CT molecular complexity index is 610. The van der Waals surface area contributed by atoms with Gasteiger partial charge in [0.05, 0.1) is 0 Å². The van der Waals surface area contributed by atoms with Gasteiger partial charge in [0.15, 0.2) is 0 Å². The van der Waals surface area contributed by atoms with E-state index in [-0.39, 0.29) is 0 Å². The maximum absolute atomic E-state index is 5.72. The lowest BCUT2D eigenvalue weighted by atomic mass is 10.3. The Morgan fingerprint density at radius 3 is 1.48 bits per heavy atom. The molecule has 2 fully saturated rings. The van der Waals surface area contributed by atoms with E-state index in [1.165, 1.54) is 35.6 Å². The van der Waals surface area contributed by atoms with Crippen LogP contribution in [-0.2, 0) is 3.63 Å². The highest BCUT2D eigenvalue weighted by Gasteiger charge is 2.23. The molecule has 4 rings (SSSR count). The minimum absolute atomic E-state index is 0.693. The zero-order valence-electron chi connectivity index (χ0n) is 13.5. The zero-order valence-corrected chi connectivity index (χ0v) is 16.7. The fourth-order valence-electron chi connectivity index (χ4n) is 1.99. The van der Waals surface area contributed by atoms with Gasteiger partial charge in [0.1, 0.15) is 24.7 Å². The van der Waals surface area contributed by atoms with Gasteiger partial charge in [0.2, 0.25) is 0 Å². The molecule has 2 unspecified atom stereocenters. The van der Waals surface area contributed by atoms with Crippen LogP contribution in [0, 0.1) is 0 Å². The van der Waals surface area contributed by atoms with Gasteiger partial charge in [-0.15, -0.1) is 0 Å². The summed E-state index contributed by atoms with van der Waals surface area (Å²) < 4.78 is 17.1. The first-order valence-electron chi connectivity index (χ1n) is 8.05. The number of rotatable bonds is 10. The predicted molar refractivity (Wildman–Crippen MR) is 109 cm³/mol. The summed E-state index contributed by atoms with van der Waals surface area (Å²) in [5.74, 6) is 4.30. The normalized spacial score (nSPS) is 21.0. The van der Waals surface area contributed by atoms with Gasteiger partial charge in [-0.05, 0) is 48.5 Å². The zero-order chi connectivity index (χ0) is 16.9. The van der Waals surface area contributed by atoms with Crippen molar-refractivity contribution in [2.24, 2.45) is 0 Å². The van der Waals surface area contributed by atoms with Crippen molar-refractivity contribution >= 4 is 47.6 Å². The van der Waals surface area contributed by atoms with Crippen LogP contribution in [0.15, 0.2) is 58.3 Å². The molecule has 2 aromatic carbocycles. The van der Waals surface area contributed by atoms with E-state index in [9.17, 15) is 0 Å². The minimum Gasteiger partial charge on any atom is -0.492 e. The quantitative estimate of drug-likeness (QED) is 0.382. The third-order valence-electron chi connectivity index (χ3n) is 3.58. The van der Waals surface area contributed by atoms with Crippen LogP contribution in [0.4, 0.5) is 0 Å². The van der Waals surface area contributed by atoms with E-state index in [1.54, 1.807) is 0 Å². The molecule has 0 radical (unpaired) electrons. The summed E-state index contributed by atoms with van der Waals surface area (Å²) in [6, 6.07) is 16.1. The second-order valence-electron chi connectivity index (χ2n) is 5.71. The van der Waals surface area contributed by atoms with Crippen molar-refractivity contribution in [2.45, 2.75) is 20.3 Å². The van der Waals surface area contributed by atoms with Gasteiger partial charge in [-0.3, -0.25) is 0 Å². The van der Waals surface area contributed by atoms with E-state index in [0.717, 1.165) is 34.5 Å². The Morgan fingerprint density at radius 2 is 1.12 bits per heavy atom. The van der Waals surface area contributed by atoms with Crippen molar-refractivity contribution in [2.75, 3.05) is 24.7 Å². The van der Waals surface area contributed by atoms with E-state index in [2.05, 4.69) is 0 Å². The van der Waals surface area contributed by atoms with Gasteiger partial charge in [-0.1, -0.05) is 0 Å². The lowest BCUT2D eigenvalue weighted by Gasteiger charge is -2.07. The summed E-state index contributed by atoms with van der Waals surface area (Å²) in [6.45, 7) is 1.62. The van der Waals surface area contributed by atoms with Crippen LogP contribution < -0.4 is 9.47 Å². The summed E-state index contributed by atoms with van der Waals surface area (Å²) in [5, 5.41) is 1.39. The van der Waals surface area contributed by atoms with Gasteiger partial charge in [0, 0.05) is 55.9 Å². The van der Waals surface area contributed by atoms with Gasteiger partial charge < -0.3 is 9.47 Å². The Morgan fingerprint density at radius 1 is 0.720 bits per heavy atom. The Labute approximate surface area is 165 Å². The number of ether oxygens (including phenoxy) is 2. The molecule has 7 heteroatoms. The van der Waals surface area contributed by atoms with Crippen LogP contribution in [0.25, 0.3) is 0 Å². The van der Waals surface area contributed by atoms with E-state index in [1.807, 2.05) is 72.1 Å². The maximum atomic E-state index is 5.72. The van der Waals surface area contributed by atoms with E-state index >= 15 is 0 Å². The molecule has 0 N–H and O–H groups in total. The van der Waals surface area contributed by atoms with Crippen LogP contribution in [0.2, 0.25) is 0 Å². The largest absolute Gasteiger partial charge is 0.492 e. The fraction of sp³-hybridized carbons (Fsp3) is 0.333. The number of hydrogen-bond donors (Lipinski definition) is 0. The molecule has 2 aliphatic heterocycles. The van der Waals surface area contributed by atoms with Gasteiger partial charge >= 0.3 is 0 Å². The van der Waals surface area contributed by atoms with Crippen LogP contribution in [0.3, 0.4) is 0 Å². The molecule has 2 atom stereocenters. The molecule has 0 bridgehead atoms. The fourth-order valence-corrected chi connectivity index (χ4v) is 4.04. The second-order valence-corrected chi connectivity index (χ2v) is 10.2. The van der Waals surface area contributed by atoms with E-state index < -0.39 is 0 Å². The first kappa shape index (κ1) is 17.8. The molecule has 3 nitrogen and oxygen atoms in total. The molecule has 0 amide bonds. The maximum Gasteiger partial charge on any atom is 0.119 e. The summed E-state index contributed by atoms with van der Waals surface area (Å²) >= 11 is 6.61. The minimum atomic E-state index is 0.693. The second kappa shape index (κ2) is 8.86. The topological polar surface area (TPSA) is 27.7 Å². The van der Waals surface area contributed by atoms with Crippen molar-refractivity contribution in [1.29, 1.82) is 0 Å². The van der Waals surface area contributed by atoms with Crippen LogP contribution in [-0.4, -0.2) is 35.2 Å². The van der Waals surface area contributed by atoms with Crippen molar-refractivity contribution in [3.8, 4) is 11.5 Å². The smallest absolute Gasteiger partial charge is 0.119 e. The highest BCUT2D eigenvalue weighted by molar-refractivity contribution is 8.08. The Hall–Kier alpha value is -0.600. The van der Waals surface area contributed by atoms with Gasteiger partial charge in [-0.25, -0.2) is 3.63 Å². The molecule has 0 aliphatic carbocycles. The van der Waals surface area contributed by atoms with Gasteiger partial charge in [-0.2, -0.15) is 23.5 Å². The number of thioether (sulfide) groups is 2. The molecule has 132 valence electrons. The predicted octanol–water partition coefficient (Wildman–Crippen LogP) is 5.41. The van der Waals surface area contributed by atoms with Gasteiger partial charge in [0.25, 0.3) is 0 Å². The SMILES string of the molecule is c1cc(SOSc2ccc(OCC3CS3)cc2)ccc1OCC1CS1. The standard InChI is InChI=1S/C18H18O3S4/c1-5-15(6-2-13(1)19-9-17-11-22-17)24-21-25-16-7-3-14(4-8-16)20-10-18-12-23-18/h1-8,17-18H,9-12H2. The van der Waals surface area contributed by atoms with Crippen LogP contribution in [0.5, 0.6) is 11.5 Å². The molecule has 0 aromatic heterocycles. The lowest BCUT2D eigenvalue weighted by Crippen LogP contribution is -2.02. The van der Waals surface area contributed by atoms with Crippen LogP contribution in [0.1, 0.15) is 0 Å². The van der Waals surface area contributed by atoms with Crippen LogP contribution >= 0.6 is 47.6 Å².